The number of hydrogen-bond donors (Lipinski definition) is 1. The van der Waals surface area contributed by atoms with Gasteiger partial charge in [0.05, 0.1) is 13.0 Å². The third-order valence-corrected chi connectivity index (χ3v) is 3.27. The van der Waals surface area contributed by atoms with Gasteiger partial charge in [0.2, 0.25) is 0 Å². The van der Waals surface area contributed by atoms with Crippen LogP contribution in [0.3, 0.4) is 0 Å². The molecule has 104 valence electrons. The quantitative estimate of drug-likeness (QED) is 0.846. The number of hydrogen-bond acceptors (Lipinski definition) is 4. The van der Waals surface area contributed by atoms with Gasteiger partial charge >= 0.3 is 5.97 Å². The minimum absolute atomic E-state index is 0.0376. The Hall–Kier alpha value is -1.62. The first-order valence-corrected chi connectivity index (χ1v) is 6.40. The number of halogens is 1. The average Bonchev–Trinajstić information content (AvgIpc) is 2.46. The summed E-state index contributed by atoms with van der Waals surface area (Å²) >= 11 is 0. The van der Waals surface area contributed by atoms with Crippen molar-refractivity contribution in [2.75, 3.05) is 20.2 Å². The monoisotopic (exact) mass is 267 g/mol. The predicted octanol–water partition coefficient (Wildman–Crippen LogP) is 1.88. The first-order valence-electron chi connectivity index (χ1n) is 6.40. The van der Waals surface area contributed by atoms with Gasteiger partial charge in [-0.15, -0.1) is 0 Å². The highest BCUT2D eigenvalue weighted by molar-refractivity contribution is 5.72. The molecule has 1 fully saturated rings. The molecule has 4 nitrogen and oxygen atoms in total. The van der Waals surface area contributed by atoms with E-state index in [1.165, 1.54) is 19.2 Å². The fourth-order valence-electron chi connectivity index (χ4n) is 2.13. The Kier molecular flexibility index (Phi) is 4.74. The minimum atomic E-state index is -0.446. The number of rotatable bonds is 4. The number of carbonyl (C=O) groups excluding carboxylic acids is 1. The maximum Gasteiger partial charge on any atom is 0.309 e. The number of carbonyl (C=O) groups is 1. The molecular formula is C14H18FNO3. The minimum Gasteiger partial charge on any atom is -0.494 e. The largest absolute Gasteiger partial charge is 0.494 e. The SMILES string of the molecule is COc1ccc(COC(=O)C2CCNCC2)cc1F. The van der Waals surface area contributed by atoms with Gasteiger partial charge in [0.25, 0.3) is 0 Å². The zero-order valence-electron chi connectivity index (χ0n) is 10.9. The highest BCUT2D eigenvalue weighted by Gasteiger charge is 2.22. The Bertz CT molecular complexity index is 444. The van der Waals surface area contributed by atoms with Crippen molar-refractivity contribution >= 4 is 5.97 Å². The lowest BCUT2D eigenvalue weighted by Gasteiger charge is -2.21. The van der Waals surface area contributed by atoms with Crippen LogP contribution in [0.2, 0.25) is 0 Å². The molecule has 0 unspecified atom stereocenters. The lowest BCUT2D eigenvalue weighted by molar-refractivity contribution is -0.150. The average molecular weight is 267 g/mol. The van der Waals surface area contributed by atoms with E-state index in [-0.39, 0.29) is 24.2 Å². The fraction of sp³-hybridized carbons (Fsp3) is 0.500. The van der Waals surface area contributed by atoms with Crippen LogP contribution in [0, 0.1) is 11.7 Å². The molecule has 1 aromatic carbocycles. The van der Waals surface area contributed by atoms with E-state index < -0.39 is 5.82 Å². The summed E-state index contributed by atoms with van der Waals surface area (Å²) in [4.78, 5) is 11.8. The molecule has 0 atom stereocenters. The maximum absolute atomic E-state index is 13.5. The van der Waals surface area contributed by atoms with Gasteiger partial charge in [-0.25, -0.2) is 4.39 Å². The normalized spacial score (nSPS) is 16.1. The second-order valence-electron chi connectivity index (χ2n) is 4.60. The number of piperidine rings is 1. The van der Waals surface area contributed by atoms with E-state index in [1.54, 1.807) is 6.07 Å². The number of benzene rings is 1. The highest BCUT2D eigenvalue weighted by Crippen LogP contribution is 2.19. The highest BCUT2D eigenvalue weighted by atomic mass is 19.1. The van der Waals surface area contributed by atoms with Crippen LogP contribution >= 0.6 is 0 Å². The van der Waals surface area contributed by atoms with Crippen molar-refractivity contribution in [3.05, 3.63) is 29.6 Å². The second-order valence-corrected chi connectivity index (χ2v) is 4.60. The smallest absolute Gasteiger partial charge is 0.309 e. The lowest BCUT2D eigenvalue weighted by atomic mass is 9.98. The van der Waals surface area contributed by atoms with Crippen molar-refractivity contribution in [2.45, 2.75) is 19.4 Å². The Labute approximate surface area is 111 Å². The van der Waals surface area contributed by atoms with E-state index in [0.29, 0.717) is 5.56 Å². The van der Waals surface area contributed by atoms with Crippen LogP contribution in [0.15, 0.2) is 18.2 Å². The molecule has 0 saturated carbocycles. The summed E-state index contributed by atoms with van der Waals surface area (Å²) in [7, 11) is 1.41. The van der Waals surface area contributed by atoms with Gasteiger partial charge in [0.1, 0.15) is 6.61 Å². The molecule has 19 heavy (non-hydrogen) atoms. The molecular weight excluding hydrogens is 249 g/mol. The zero-order valence-corrected chi connectivity index (χ0v) is 10.9. The lowest BCUT2D eigenvalue weighted by Crippen LogP contribution is -2.32. The van der Waals surface area contributed by atoms with Gasteiger partial charge in [0, 0.05) is 0 Å². The van der Waals surface area contributed by atoms with E-state index in [0.717, 1.165) is 25.9 Å². The van der Waals surface area contributed by atoms with Crippen LogP contribution in [-0.2, 0) is 16.1 Å². The van der Waals surface area contributed by atoms with Crippen LogP contribution in [0.25, 0.3) is 0 Å². The molecule has 2 rings (SSSR count). The molecule has 1 N–H and O–H groups in total. The second kappa shape index (κ2) is 6.52. The zero-order chi connectivity index (χ0) is 13.7. The van der Waals surface area contributed by atoms with Gasteiger partial charge in [-0.3, -0.25) is 4.79 Å². The Morgan fingerprint density at radius 1 is 1.42 bits per heavy atom. The van der Waals surface area contributed by atoms with Crippen molar-refractivity contribution in [3.63, 3.8) is 0 Å². The van der Waals surface area contributed by atoms with Gasteiger partial charge in [0.15, 0.2) is 11.6 Å². The van der Waals surface area contributed by atoms with Crippen LogP contribution < -0.4 is 10.1 Å². The predicted molar refractivity (Wildman–Crippen MR) is 68.3 cm³/mol. The summed E-state index contributed by atoms with van der Waals surface area (Å²) in [5, 5.41) is 3.19. The molecule has 0 radical (unpaired) electrons. The third kappa shape index (κ3) is 3.67. The van der Waals surface area contributed by atoms with Crippen molar-refractivity contribution in [1.82, 2.24) is 5.32 Å². The van der Waals surface area contributed by atoms with Gasteiger partial charge < -0.3 is 14.8 Å². The van der Waals surface area contributed by atoms with Crippen LogP contribution in [0.5, 0.6) is 5.75 Å². The van der Waals surface area contributed by atoms with Gasteiger partial charge in [-0.1, -0.05) is 6.07 Å². The van der Waals surface area contributed by atoms with Crippen LogP contribution in [0.4, 0.5) is 4.39 Å². The summed E-state index contributed by atoms with van der Waals surface area (Å²) in [6, 6.07) is 4.55. The number of nitrogens with one attached hydrogen (secondary N) is 1. The summed E-state index contributed by atoms with van der Waals surface area (Å²) in [6.45, 7) is 1.79. The summed E-state index contributed by atoms with van der Waals surface area (Å²) in [5.41, 5.74) is 0.626. The van der Waals surface area contributed by atoms with Crippen LogP contribution in [-0.4, -0.2) is 26.2 Å². The van der Waals surface area contributed by atoms with E-state index in [2.05, 4.69) is 5.32 Å². The molecule has 1 heterocycles. The van der Waals surface area contributed by atoms with Crippen LogP contribution in [0.1, 0.15) is 18.4 Å². The molecule has 1 aliphatic heterocycles. The van der Waals surface area contributed by atoms with E-state index in [4.69, 9.17) is 9.47 Å². The van der Waals surface area contributed by atoms with Crippen molar-refractivity contribution < 1.29 is 18.7 Å². The Balaban J connectivity index is 1.87. The third-order valence-electron chi connectivity index (χ3n) is 3.27. The molecule has 0 aliphatic carbocycles. The van der Waals surface area contributed by atoms with Gasteiger partial charge in [-0.05, 0) is 43.6 Å². The first kappa shape index (κ1) is 13.8. The standard InChI is InChI=1S/C14H18FNO3/c1-18-13-3-2-10(8-12(13)15)9-19-14(17)11-4-6-16-7-5-11/h2-3,8,11,16H,4-7,9H2,1H3. The molecule has 1 aliphatic rings. The van der Waals surface area contributed by atoms with E-state index in [1.807, 2.05) is 0 Å². The van der Waals surface area contributed by atoms with Crippen molar-refractivity contribution in [3.8, 4) is 5.75 Å². The summed E-state index contributed by atoms with van der Waals surface area (Å²) in [6.07, 6.45) is 1.60. The Morgan fingerprint density at radius 2 is 2.16 bits per heavy atom. The fourth-order valence-corrected chi connectivity index (χ4v) is 2.13. The molecule has 0 amide bonds. The molecule has 0 spiro atoms. The molecule has 5 heteroatoms. The molecule has 1 aromatic rings. The topological polar surface area (TPSA) is 47.6 Å². The van der Waals surface area contributed by atoms with Gasteiger partial charge in [-0.2, -0.15) is 0 Å². The number of esters is 1. The molecule has 1 saturated heterocycles. The van der Waals surface area contributed by atoms with Crippen molar-refractivity contribution in [2.24, 2.45) is 5.92 Å². The Morgan fingerprint density at radius 3 is 2.79 bits per heavy atom. The summed E-state index contributed by atoms with van der Waals surface area (Å²) < 4.78 is 23.5. The summed E-state index contributed by atoms with van der Waals surface area (Å²) in [5.74, 6) is -0.492. The number of methoxy groups -OCH3 is 1. The number of ether oxygens (including phenoxy) is 2. The van der Waals surface area contributed by atoms with Crippen molar-refractivity contribution in [1.29, 1.82) is 0 Å². The molecule has 0 bridgehead atoms. The van der Waals surface area contributed by atoms with E-state index in [9.17, 15) is 9.18 Å². The molecule has 0 aromatic heterocycles. The maximum atomic E-state index is 13.5. The van der Waals surface area contributed by atoms with E-state index >= 15 is 0 Å². The first-order chi connectivity index (χ1) is 9.20.